The van der Waals surface area contributed by atoms with Crippen LogP contribution in [0.1, 0.15) is 89.2 Å². The summed E-state index contributed by atoms with van der Waals surface area (Å²) in [6.45, 7) is 5.64. The molecule has 9 heteroatoms. The number of fused-ring (bicyclic) bond motifs is 3. The van der Waals surface area contributed by atoms with Gasteiger partial charge in [0.2, 0.25) is 11.8 Å². The molecule has 0 aliphatic heterocycles. The van der Waals surface area contributed by atoms with Gasteiger partial charge in [0.05, 0.1) is 0 Å². The van der Waals surface area contributed by atoms with Gasteiger partial charge in [0.25, 0.3) is 0 Å². The molecule has 4 rings (SSSR count). The molecule has 0 bridgehead atoms. The molecule has 1 fully saturated rings. The van der Waals surface area contributed by atoms with E-state index in [1.807, 2.05) is 50.2 Å². The van der Waals surface area contributed by atoms with Crippen molar-refractivity contribution in [1.82, 2.24) is 16.0 Å². The number of amides is 3. The van der Waals surface area contributed by atoms with Crippen molar-refractivity contribution in [3.05, 3.63) is 59.7 Å². The summed E-state index contributed by atoms with van der Waals surface area (Å²) in [7, 11) is 0. The van der Waals surface area contributed by atoms with Crippen molar-refractivity contribution >= 4 is 23.9 Å². The second kappa shape index (κ2) is 15.0. The summed E-state index contributed by atoms with van der Waals surface area (Å²) < 4.78 is 5.73. The minimum absolute atomic E-state index is 0.0670. The third-order valence-corrected chi connectivity index (χ3v) is 8.61. The number of hydrogen-bond acceptors (Lipinski definition) is 5. The molecular formula is C34H45N3O6. The van der Waals surface area contributed by atoms with Crippen molar-refractivity contribution in [1.29, 1.82) is 0 Å². The van der Waals surface area contributed by atoms with Crippen LogP contribution in [-0.2, 0) is 19.1 Å². The molecule has 0 radical (unpaired) electrons. The molecule has 2 aliphatic carbocycles. The predicted molar refractivity (Wildman–Crippen MR) is 164 cm³/mol. The van der Waals surface area contributed by atoms with Crippen LogP contribution in [0, 0.1) is 11.8 Å². The zero-order valence-corrected chi connectivity index (χ0v) is 25.4. The first kappa shape index (κ1) is 32.0. The van der Waals surface area contributed by atoms with Crippen molar-refractivity contribution in [2.24, 2.45) is 11.8 Å². The summed E-state index contributed by atoms with van der Waals surface area (Å²) in [6.07, 6.45) is 5.58. The highest BCUT2D eigenvalue weighted by atomic mass is 16.5. The Balaban J connectivity index is 1.42. The number of carbonyl (C=O) groups excluding carboxylic acids is 3. The number of carboxylic acid groups (broad SMARTS) is 1. The first-order valence-electron chi connectivity index (χ1n) is 15.6. The van der Waals surface area contributed by atoms with Gasteiger partial charge < -0.3 is 25.8 Å². The molecule has 0 aromatic heterocycles. The summed E-state index contributed by atoms with van der Waals surface area (Å²) in [5, 5.41) is 17.7. The number of ether oxygens (including phenoxy) is 1. The summed E-state index contributed by atoms with van der Waals surface area (Å²) in [5.74, 6) is -1.91. The molecule has 3 amide bonds. The first-order valence-corrected chi connectivity index (χ1v) is 15.6. The molecule has 0 heterocycles. The highest BCUT2D eigenvalue weighted by Gasteiger charge is 2.33. The zero-order chi connectivity index (χ0) is 30.9. The maximum atomic E-state index is 13.5. The van der Waals surface area contributed by atoms with Crippen molar-refractivity contribution in [3.63, 3.8) is 0 Å². The van der Waals surface area contributed by atoms with Gasteiger partial charge >= 0.3 is 12.1 Å². The summed E-state index contributed by atoms with van der Waals surface area (Å²) >= 11 is 0. The molecule has 0 saturated heterocycles. The Kier molecular flexibility index (Phi) is 11.2. The van der Waals surface area contributed by atoms with Gasteiger partial charge in [-0.05, 0) is 53.4 Å². The third-order valence-electron chi connectivity index (χ3n) is 8.61. The van der Waals surface area contributed by atoms with E-state index in [9.17, 15) is 24.3 Å². The van der Waals surface area contributed by atoms with Crippen LogP contribution in [0.4, 0.5) is 4.79 Å². The number of aliphatic carboxylic acids is 1. The number of benzene rings is 2. The Morgan fingerprint density at radius 3 is 1.93 bits per heavy atom. The molecule has 3 atom stereocenters. The summed E-state index contributed by atoms with van der Waals surface area (Å²) in [6, 6.07) is 13.3. The van der Waals surface area contributed by atoms with E-state index in [1.54, 1.807) is 6.92 Å². The molecule has 2 aliphatic rings. The van der Waals surface area contributed by atoms with Gasteiger partial charge in [-0.25, -0.2) is 9.59 Å². The van der Waals surface area contributed by atoms with Crippen molar-refractivity contribution in [2.75, 3.05) is 6.61 Å². The maximum Gasteiger partial charge on any atom is 0.407 e. The molecule has 1 saturated carbocycles. The number of rotatable bonds is 13. The number of carbonyl (C=O) groups is 4. The Morgan fingerprint density at radius 2 is 1.37 bits per heavy atom. The summed E-state index contributed by atoms with van der Waals surface area (Å²) in [4.78, 5) is 51.3. The van der Waals surface area contributed by atoms with Gasteiger partial charge in [0.15, 0.2) is 0 Å². The van der Waals surface area contributed by atoms with Gasteiger partial charge in [-0.15, -0.1) is 0 Å². The van der Waals surface area contributed by atoms with Gasteiger partial charge in [-0.3, -0.25) is 9.59 Å². The van der Waals surface area contributed by atoms with Gasteiger partial charge in [0.1, 0.15) is 24.7 Å². The lowest BCUT2D eigenvalue weighted by atomic mass is 9.84. The lowest BCUT2D eigenvalue weighted by Gasteiger charge is -2.28. The number of hydrogen-bond donors (Lipinski definition) is 4. The molecule has 9 nitrogen and oxygen atoms in total. The number of nitrogens with one attached hydrogen (secondary N) is 3. The van der Waals surface area contributed by atoms with Gasteiger partial charge in [-0.1, -0.05) is 101 Å². The molecule has 2 aromatic rings. The smallest absolute Gasteiger partial charge is 0.407 e. The van der Waals surface area contributed by atoms with Gasteiger partial charge in [-0.2, -0.15) is 0 Å². The van der Waals surface area contributed by atoms with Gasteiger partial charge in [0, 0.05) is 5.92 Å². The SMILES string of the molecule is CC[C@H](NC(=O)[C@H](CC1CCCCC1)NC(=O)OCC1c2ccccc2-c2ccccc21)C(=O)NC(CC(C)C)C(=O)O. The predicted octanol–water partition coefficient (Wildman–Crippen LogP) is 5.37. The van der Waals surface area contributed by atoms with E-state index in [0.717, 1.165) is 54.4 Å². The third kappa shape index (κ3) is 8.36. The Labute approximate surface area is 254 Å². The molecule has 0 spiro atoms. The molecule has 4 N–H and O–H groups in total. The largest absolute Gasteiger partial charge is 0.480 e. The highest BCUT2D eigenvalue weighted by molar-refractivity contribution is 5.92. The second-order valence-electron chi connectivity index (χ2n) is 12.3. The lowest BCUT2D eigenvalue weighted by Crippen LogP contribution is -2.56. The maximum absolute atomic E-state index is 13.5. The zero-order valence-electron chi connectivity index (χ0n) is 25.4. The Bertz CT molecular complexity index is 1240. The van der Waals surface area contributed by atoms with Crippen molar-refractivity contribution < 1.29 is 29.0 Å². The fourth-order valence-electron chi connectivity index (χ4n) is 6.36. The second-order valence-corrected chi connectivity index (χ2v) is 12.3. The summed E-state index contributed by atoms with van der Waals surface area (Å²) in [5.41, 5.74) is 4.46. The van der Waals surface area contributed by atoms with E-state index < -0.39 is 42.0 Å². The van der Waals surface area contributed by atoms with E-state index in [1.165, 1.54) is 0 Å². The first-order chi connectivity index (χ1) is 20.7. The Hall–Kier alpha value is -3.88. The van der Waals surface area contributed by atoms with Crippen LogP contribution in [0.2, 0.25) is 0 Å². The normalized spacial score (nSPS) is 16.8. The van der Waals surface area contributed by atoms with Crippen LogP contribution in [0.25, 0.3) is 11.1 Å². The fourth-order valence-corrected chi connectivity index (χ4v) is 6.36. The van der Waals surface area contributed by atoms with Crippen LogP contribution in [0.15, 0.2) is 48.5 Å². The lowest BCUT2D eigenvalue weighted by molar-refractivity contribution is -0.142. The minimum atomic E-state index is -1.12. The molecular weight excluding hydrogens is 546 g/mol. The minimum Gasteiger partial charge on any atom is -0.480 e. The quantitative estimate of drug-likeness (QED) is 0.247. The average molecular weight is 592 g/mol. The van der Waals surface area contributed by atoms with E-state index >= 15 is 0 Å². The molecule has 43 heavy (non-hydrogen) atoms. The van der Waals surface area contributed by atoms with Crippen molar-refractivity contribution in [2.45, 2.75) is 96.2 Å². The Morgan fingerprint density at radius 1 is 0.814 bits per heavy atom. The fraction of sp³-hybridized carbons (Fsp3) is 0.529. The van der Waals surface area contributed by atoms with Crippen LogP contribution in [-0.4, -0.2) is 53.7 Å². The van der Waals surface area contributed by atoms with Crippen LogP contribution in [0.5, 0.6) is 0 Å². The monoisotopic (exact) mass is 591 g/mol. The van der Waals surface area contributed by atoms with Crippen LogP contribution >= 0.6 is 0 Å². The van der Waals surface area contributed by atoms with E-state index in [0.29, 0.717) is 6.42 Å². The number of alkyl carbamates (subject to hydrolysis) is 1. The van der Waals surface area contributed by atoms with Crippen LogP contribution in [0.3, 0.4) is 0 Å². The van der Waals surface area contributed by atoms with Crippen LogP contribution < -0.4 is 16.0 Å². The highest BCUT2D eigenvalue weighted by Crippen LogP contribution is 2.44. The topological polar surface area (TPSA) is 134 Å². The standard InChI is InChI=1S/C34H45N3O6/c1-4-28(31(38)36-30(33(40)41)18-21(2)3)35-32(39)29(19-22-12-6-5-7-13-22)37-34(42)43-20-27-25-16-10-8-14-23(25)24-15-9-11-17-26(24)27/h8-11,14-17,21-22,27-30H,4-7,12-13,18-20H2,1-3H3,(H,35,39)(H,36,38)(H,37,42)(H,40,41)/t28-,29-,30?/m0/s1. The average Bonchev–Trinajstić information content (AvgIpc) is 3.31. The molecule has 232 valence electrons. The molecule has 1 unspecified atom stereocenters. The van der Waals surface area contributed by atoms with E-state index in [-0.39, 0.29) is 37.2 Å². The van der Waals surface area contributed by atoms with E-state index in [2.05, 4.69) is 28.1 Å². The number of carboxylic acids is 1. The van der Waals surface area contributed by atoms with E-state index in [4.69, 9.17) is 4.74 Å². The van der Waals surface area contributed by atoms with Crippen molar-refractivity contribution in [3.8, 4) is 11.1 Å². The molecule has 2 aromatic carbocycles.